The van der Waals surface area contributed by atoms with Gasteiger partial charge < -0.3 is 20.5 Å². The number of fused-ring (bicyclic) bond motifs is 1. The number of nitrogens with one attached hydrogen (secondary N) is 2. The Kier molecular flexibility index (Phi) is 7.68. The van der Waals surface area contributed by atoms with Crippen LogP contribution in [0.5, 0.6) is 5.75 Å². The van der Waals surface area contributed by atoms with Gasteiger partial charge >= 0.3 is 5.97 Å². The molecule has 3 N–H and O–H groups in total. The van der Waals surface area contributed by atoms with Crippen LogP contribution in [0.1, 0.15) is 29.7 Å². The fraction of sp³-hybridized carbons (Fsp3) is 0.381. The molecule has 0 spiro atoms. The Morgan fingerprint density at radius 2 is 2.03 bits per heavy atom. The number of aromatic nitrogens is 1. The summed E-state index contributed by atoms with van der Waals surface area (Å²) in [6, 6.07) is 10.6. The van der Waals surface area contributed by atoms with Gasteiger partial charge in [0.05, 0.1) is 6.61 Å². The second-order valence-electron chi connectivity index (χ2n) is 6.95. The Bertz CT molecular complexity index is 858. The molecule has 0 saturated carbocycles. The van der Waals surface area contributed by atoms with Crippen molar-refractivity contribution in [3.05, 3.63) is 53.2 Å². The molecule has 2 aromatic rings. The van der Waals surface area contributed by atoms with Crippen molar-refractivity contribution in [1.82, 2.24) is 10.3 Å². The first kappa shape index (κ1) is 21.4. The van der Waals surface area contributed by atoms with Crippen LogP contribution < -0.4 is 15.4 Å². The van der Waals surface area contributed by atoms with Crippen LogP contribution in [-0.4, -0.2) is 39.2 Å². The van der Waals surface area contributed by atoms with E-state index in [0.717, 1.165) is 55.1 Å². The number of carbonyl (C=O) groups excluding carboxylic acids is 1. The maximum Gasteiger partial charge on any atom is 0.326 e. The van der Waals surface area contributed by atoms with Gasteiger partial charge in [-0.2, -0.15) is 0 Å². The van der Waals surface area contributed by atoms with Crippen LogP contribution in [0.4, 0.5) is 10.6 Å². The number of aryl methyl sites for hydroxylation is 2. The number of hydrogen-bond donors (Lipinski definition) is 3. The van der Waals surface area contributed by atoms with E-state index in [-0.39, 0.29) is 10.3 Å². The van der Waals surface area contributed by atoms with Crippen molar-refractivity contribution in [3.8, 4) is 5.75 Å². The average molecular weight is 509 g/mol. The van der Waals surface area contributed by atoms with Crippen molar-refractivity contribution >= 4 is 38.3 Å². The number of halogens is 1. The van der Waals surface area contributed by atoms with Crippen LogP contribution in [0.2, 0.25) is 0 Å². The van der Waals surface area contributed by atoms with E-state index in [1.807, 2.05) is 24.3 Å². The molecule has 0 saturated heterocycles. The van der Waals surface area contributed by atoms with E-state index >= 15 is 0 Å². The van der Waals surface area contributed by atoms with Gasteiger partial charge in [0.15, 0.2) is 0 Å². The molecule has 29 heavy (non-hydrogen) atoms. The number of carbonyl (C=O) groups is 2. The van der Waals surface area contributed by atoms with Gasteiger partial charge in [0.2, 0.25) is 0 Å². The molecule has 0 radical (unpaired) electrons. The molecule has 1 atom stereocenters. The number of nitrogens with zero attached hydrogens (tertiary/aromatic N) is 1. The first-order valence-corrected chi connectivity index (χ1v) is 10.7. The normalized spacial score (nSPS) is 13.7. The molecule has 1 unspecified atom stereocenters. The van der Waals surface area contributed by atoms with Crippen molar-refractivity contribution in [2.75, 3.05) is 18.5 Å². The van der Waals surface area contributed by atoms with E-state index in [4.69, 9.17) is 4.74 Å². The SMILES string of the molecule is O=C(I)NC(Cc1ccc(OCCCc2ccc3c(n2)NCCC3)cc1)C(=O)O. The number of pyridine rings is 1. The van der Waals surface area contributed by atoms with E-state index in [1.165, 1.54) is 28.2 Å². The van der Waals surface area contributed by atoms with Crippen molar-refractivity contribution in [3.63, 3.8) is 0 Å². The molecule has 1 amide bonds. The quantitative estimate of drug-likeness (QED) is 0.207. The number of carboxylic acids is 1. The number of carboxylic acid groups (broad SMARTS) is 1. The third kappa shape index (κ3) is 6.59. The summed E-state index contributed by atoms with van der Waals surface area (Å²) < 4.78 is 5.39. The number of benzene rings is 1. The minimum absolute atomic E-state index is 0.225. The lowest BCUT2D eigenvalue weighted by atomic mass is 10.1. The number of hydrogen-bond acceptors (Lipinski definition) is 5. The van der Waals surface area contributed by atoms with E-state index in [0.29, 0.717) is 6.61 Å². The van der Waals surface area contributed by atoms with Gasteiger partial charge in [0.1, 0.15) is 17.6 Å². The minimum Gasteiger partial charge on any atom is -0.494 e. The molecule has 0 bridgehead atoms. The Morgan fingerprint density at radius 3 is 2.76 bits per heavy atom. The predicted molar refractivity (Wildman–Crippen MR) is 119 cm³/mol. The van der Waals surface area contributed by atoms with Crippen molar-refractivity contribution in [1.29, 1.82) is 0 Å². The molecule has 1 aromatic heterocycles. The van der Waals surface area contributed by atoms with E-state index in [9.17, 15) is 14.7 Å². The lowest BCUT2D eigenvalue weighted by Crippen LogP contribution is -2.39. The summed E-state index contributed by atoms with van der Waals surface area (Å²) in [5.74, 6) is 0.698. The highest BCUT2D eigenvalue weighted by atomic mass is 127. The van der Waals surface area contributed by atoms with Crippen LogP contribution in [-0.2, 0) is 24.1 Å². The van der Waals surface area contributed by atoms with Gasteiger partial charge in [-0.1, -0.05) is 18.2 Å². The van der Waals surface area contributed by atoms with Crippen molar-refractivity contribution in [2.45, 2.75) is 38.1 Å². The summed E-state index contributed by atoms with van der Waals surface area (Å²) in [4.78, 5) is 27.0. The fourth-order valence-corrected chi connectivity index (χ4v) is 3.62. The second-order valence-corrected chi connectivity index (χ2v) is 7.93. The van der Waals surface area contributed by atoms with Crippen LogP contribution in [0.25, 0.3) is 0 Å². The molecule has 1 aliphatic rings. The summed E-state index contributed by atoms with van der Waals surface area (Å²) >= 11 is 1.53. The summed E-state index contributed by atoms with van der Waals surface area (Å²) in [6.07, 6.45) is 4.18. The first-order valence-electron chi connectivity index (χ1n) is 9.64. The molecule has 154 valence electrons. The monoisotopic (exact) mass is 509 g/mol. The Hall–Kier alpha value is -2.36. The van der Waals surface area contributed by atoms with Crippen molar-refractivity contribution in [2.24, 2.45) is 0 Å². The van der Waals surface area contributed by atoms with Gasteiger partial charge in [0, 0.05) is 41.3 Å². The van der Waals surface area contributed by atoms with Crippen LogP contribution in [0.15, 0.2) is 36.4 Å². The fourth-order valence-electron chi connectivity index (χ4n) is 3.25. The highest BCUT2D eigenvalue weighted by molar-refractivity contribution is 14.1. The number of ether oxygens (including phenoxy) is 1. The van der Waals surface area contributed by atoms with Crippen LogP contribution >= 0.6 is 22.6 Å². The molecule has 0 fully saturated rings. The standard InChI is InChI=1S/C21H24IN3O4/c22-21(28)25-18(20(26)27)13-14-5-9-17(10-6-14)29-12-2-4-16-8-7-15-3-1-11-23-19(15)24-16/h5-10,18H,1-4,11-13H2,(H,23,24)(H,25,28)(H,26,27). The van der Waals surface area contributed by atoms with Crippen LogP contribution in [0.3, 0.4) is 0 Å². The third-order valence-corrected chi connectivity index (χ3v) is 5.06. The topological polar surface area (TPSA) is 101 Å². The van der Waals surface area contributed by atoms with E-state index in [2.05, 4.69) is 27.8 Å². The lowest BCUT2D eigenvalue weighted by molar-refractivity contribution is -0.139. The Labute approximate surface area is 183 Å². The maximum absolute atomic E-state index is 11.2. The highest BCUT2D eigenvalue weighted by Crippen LogP contribution is 2.20. The minimum atomic E-state index is -1.05. The number of aliphatic carboxylic acids is 1. The maximum atomic E-state index is 11.2. The summed E-state index contributed by atoms with van der Waals surface area (Å²) in [5, 5.41) is 15.0. The highest BCUT2D eigenvalue weighted by Gasteiger charge is 2.19. The van der Waals surface area contributed by atoms with Gasteiger partial charge in [-0.05, 0) is 55.0 Å². The largest absolute Gasteiger partial charge is 0.494 e. The number of rotatable bonds is 9. The zero-order valence-electron chi connectivity index (χ0n) is 16.0. The zero-order chi connectivity index (χ0) is 20.6. The molecule has 2 heterocycles. The summed E-state index contributed by atoms with van der Waals surface area (Å²) in [5.41, 5.74) is 3.18. The van der Waals surface area contributed by atoms with Gasteiger partial charge in [-0.3, -0.25) is 4.79 Å². The first-order chi connectivity index (χ1) is 14.0. The predicted octanol–water partition coefficient (Wildman–Crippen LogP) is 3.59. The van der Waals surface area contributed by atoms with E-state index in [1.54, 1.807) is 0 Å². The molecule has 8 heteroatoms. The van der Waals surface area contributed by atoms with Gasteiger partial charge in [-0.15, -0.1) is 0 Å². The van der Waals surface area contributed by atoms with Gasteiger partial charge in [-0.25, -0.2) is 9.78 Å². The molecule has 7 nitrogen and oxygen atoms in total. The number of anilines is 1. The molecule has 0 aliphatic carbocycles. The molecule has 1 aromatic carbocycles. The summed E-state index contributed by atoms with van der Waals surface area (Å²) in [6.45, 7) is 1.56. The molecule has 3 rings (SSSR count). The Balaban J connectivity index is 1.44. The van der Waals surface area contributed by atoms with E-state index < -0.39 is 12.0 Å². The lowest BCUT2D eigenvalue weighted by Gasteiger charge is -2.17. The Morgan fingerprint density at radius 1 is 1.24 bits per heavy atom. The molecular weight excluding hydrogens is 485 g/mol. The van der Waals surface area contributed by atoms with Gasteiger partial charge in [0.25, 0.3) is 3.91 Å². The third-order valence-electron chi connectivity index (χ3n) is 4.75. The molecular formula is C21H24IN3O4. The smallest absolute Gasteiger partial charge is 0.326 e. The second kappa shape index (κ2) is 10.4. The molecule has 1 aliphatic heterocycles. The van der Waals surface area contributed by atoms with Crippen molar-refractivity contribution < 1.29 is 19.4 Å². The zero-order valence-corrected chi connectivity index (χ0v) is 18.1. The number of amides is 1. The average Bonchev–Trinajstić information content (AvgIpc) is 2.71. The van der Waals surface area contributed by atoms with Crippen LogP contribution in [0, 0.1) is 0 Å². The summed E-state index contributed by atoms with van der Waals surface area (Å²) in [7, 11) is 0.